The smallest absolute Gasteiger partial charge is 0.0582 e. The van der Waals surface area contributed by atoms with Crippen LogP contribution in [0.2, 0.25) is 5.02 Å². The van der Waals surface area contributed by atoms with Crippen LogP contribution in [0.3, 0.4) is 0 Å². The molecule has 0 bridgehead atoms. The van der Waals surface area contributed by atoms with Gasteiger partial charge in [0.25, 0.3) is 0 Å². The topological polar surface area (TPSA) is 55.5 Å². The molecular weight excluding hydrogens is 285 g/mol. The van der Waals surface area contributed by atoms with Crippen LogP contribution in [0.25, 0.3) is 0 Å². The first kappa shape index (κ1) is 16.7. The Hall–Kier alpha value is -0.320. The molecule has 1 aliphatic heterocycles. The largest absolute Gasteiger partial charge is 0.395 e. The monoisotopic (exact) mass is 305 g/mol. The van der Waals surface area contributed by atoms with Gasteiger partial charge in [-0.25, -0.2) is 0 Å². The van der Waals surface area contributed by atoms with E-state index in [0.29, 0.717) is 0 Å². The molecule has 5 heteroatoms. The zero-order valence-corrected chi connectivity index (χ0v) is 12.4. The lowest BCUT2D eigenvalue weighted by Crippen LogP contribution is -2.41. The van der Waals surface area contributed by atoms with Gasteiger partial charge in [0.15, 0.2) is 0 Å². The second-order valence-corrected chi connectivity index (χ2v) is 5.43. The van der Waals surface area contributed by atoms with Gasteiger partial charge in [0.05, 0.1) is 6.61 Å². The Morgan fingerprint density at radius 1 is 1.32 bits per heavy atom. The van der Waals surface area contributed by atoms with Crippen molar-refractivity contribution in [1.82, 2.24) is 0 Å². The molecule has 0 amide bonds. The highest BCUT2D eigenvalue weighted by Crippen LogP contribution is 2.41. The summed E-state index contributed by atoms with van der Waals surface area (Å²) in [6, 6.07) is 7.71. The minimum absolute atomic E-state index is 0. The van der Waals surface area contributed by atoms with Crippen molar-refractivity contribution in [3.8, 4) is 0 Å². The third-order valence-corrected chi connectivity index (χ3v) is 4.11. The first-order valence-corrected chi connectivity index (χ1v) is 6.75. The van der Waals surface area contributed by atoms with Gasteiger partial charge in [0, 0.05) is 29.7 Å². The summed E-state index contributed by atoms with van der Waals surface area (Å²) in [6.45, 7) is 1.46. The highest BCUT2D eigenvalue weighted by molar-refractivity contribution is 6.31. The van der Waals surface area contributed by atoms with Crippen LogP contribution >= 0.6 is 24.0 Å². The molecule has 1 atom stereocenters. The first-order chi connectivity index (χ1) is 8.68. The molecule has 0 radical (unpaired) electrons. The lowest BCUT2D eigenvalue weighted by Gasteiger charge is -2.39. The van der Waals surface area contributed by atoms with Gasteiger partial charge in [-0.3, -0.25) is 0 Å². The van der Waals surface area contributed by atoms with Crippen molar-refractivity contribution in [1.29, 1.82) is 0 Å². The van der Waals surface area contributed by atoms with E-state index in [2.05, 4.69) is 6.07 Å². The zero-order chi connectivity index (χ0) is 13.0. The Morgan fingerprint density at radius 3 is 2.53 bits per heavy atom. The Morgan fingerprint density at radius 2 is 1.95 bits per heavy atom. The van der Waals surface area contributed by atoms with Crippen LogP contribution in [-0.4, -0.2) is 31.0 Å². The van der Waals surface area contributed by atoms with Crippen molar-refractivity contribution >= 4 is 24.0 Å². The van der Waals surface area contributed by atoms with Crippen LogP contribution in [-0.2, 0) is 10.2 Å². The van der Waals surface area contributed by atoms with Gasteiger partial charge in [-0.15, -0.1) is 12.4 Å². The van der Waals surface area contributed by atoms with Crippen LogP contribution in [0.1, 0.15) is 24.8 Å². The maximum absolute atomic E-state index is 9.21. The summed E-state index contributed by atoms with van der Waals surface area (Å²) in [5.41, 5.74) is 7.02. The number of ether oxygens (including phenoxy) is 1. The van der Waals surface area contributed by atoms with Gasteiger partial charge in [0.1, 0.15) is 0 Å². The van der Waals surface area contributed by atoms with E-state index in [-0.39, 0.29) is 30.5 Å². The van der Waals surface area contributed by atoms with E-state index < -0.39 is 0 Å². The van der Waals surface area contributed by atoms with E-state index in [1.807, 2.05) is 18.2 Å². The van der Waals surface area contributed by atoms with Crippen molar-refractivity contribution in [3.05, 3.63) is 34.9 Å². The molecule has 0 aromatic heterocycles. The van der Waals surface area contributed by atoms with E-state index in [4.69, 9.17) is 22.1 Å². The molecule has 1 aliphatic rings. The summed E-state index contributed by atoms with van der Waals surface area (Å²) in [6.07, 6.45) is 2.56. The third-order valence-electron chi connectivity index (χ3n) is 3.78. The average Bonchev–Trinajstić information content (AvgIpc) is 2.40. The quantitative estimate of drug-likeness (QED) is 0.899. The first-order valence-electron chi connectivity index (χ1n) is 6.37. The zero-order valence-electron chi connectivity index (χ0n) is 10.8. The van der Waals surface area contributed by atoms with Gasteiger partial charge in [0.2, 0.25) is 0 Å². The fourth-order valence-corrected chi connectivity index (χ4v) is 3.14. The van der Waals surface area contributed by atoms with E-state index in [0.717, 1.165) is 43.1 Å². The molecule has 3 N–H and O–H groups in total. The maximum Gasteiger partial charge on any atom is 0.0582 e. The summed E-state index contributed by atoms with van der Waals surface area (Å²) in [5.74, 6) is 0. The van der Waals surface area contributed by atoms with Gasteiger partial charge in [-0.1, -0.05) is 29.8 Å². The molecule has 0 saturated carbocycles. The lowest BCUT2D eigenvalue weighted by molar-refractivity contribution is 0.0417. The second-order valence-electron chi connectivity index (χ2n) is 5.02. The summed E-state index contributed by atoms with van der Waals surface area (Å²) >= 11 is 6.33. The third kappa shape index (κ3) is 3.83. The Balaban J connectivity index is 0.00000180. The highest BCUT2D eigenvalue weighted by atomic mass is 35.5. The van der Waals surface area contributed by atoms with Crippen molar-refractivity contribution in [2.24, 2.45) is 5.73 Å². The number of hydrogen-bond acceptors (Lipinski definition) is 3. The number of aliphatic hydroxyl groups excluding tert-OH is 1. The minimum Gasteiger partial charge on any atom is -0.395 e. The van der Waals surface area contributed by atoms with Crippen LogP contribution in [0.4, 0.5) is 0 Å². The molecule has 19 heavy (non-hydrogen) atoms. The molecule has 1 fully saturated rings. The summed E-state index contributed by atoms with van der Waals surface area (Å²) in [5, 5.41) is 9.99. The molecular formula is C14H21Cl2NO2. The predicted molar refractivity (Wildman–Crippen MR) is 80.1 cm³/mol. The van der Waals surface area contributed by atoms with Crippen molar-refractivity contribution < 1.29 is 9.84 Å². The summed E-state index contributed by atoms with van der Waals surface area (Å²) in [4.78, 5) is 0. The van der Waals surface area contributed by atoms with Crippen LogP contribution in [0.5, 0.6) is 0 Å². The van der Waals surface area contributed by atoms with E-state index in [9.17, 15) is 5.11 Å². The maximum atomic E-state index is 9.21. The van der Waals surface area contributed by atoms with Crippen LogP contribution in [0, 0.1) is 0 Å². The standard InChI is InChI=1S/C14H20ClNO2.ClH/c15-13-4-2-1-3-12(13)14(9-11(16)10-17)5-7-18-8-6-14;/h1-4,11,17H,5-10,16H2;1H. The molecule has 2 rings (SSSR count). The fourth-order valence-electron chi connectivity index (χ4n) is 2.80. The van der Waals surface area contributed by atoms with Crippen LogP contribution in [0.15, 0.2) is 24.3 Å². The number of aliphatic hydroxyl groups is 1. The summed E-state index contributed by atoms with van der Waals surface area (Å²) in [7, 11) is 0. The van der Waals surface area contributed by atoms with Gasteiger partial charge < -0.3 is 15.6 Å². The molecule has 0 aliphatic carbocycles. The van der Waals surface area contributed by atoms with Gasteiger partial charge in [-0.2, -0.15) is 0 Å². The molecule has 3 nitrogen and oxygen atoms in total. The van der Waals surface area contributed by atoms with Crippen molar-refractivity contribution in [2.45, 2.75) is 30.7 Å². The molecule has 1 aromatic rings. The Labute approximate surface area is 125 Å². The molecule has 1 unspecified atom stereocenters. The Kier molecular flexibility index (Phi) is 6.57. The van der Waals surface area contributed by atoms with E-state index in [1.165, 1.54) is 0 Å². The number of halogens is 2. The Bertz CT molecular complexity index is 395. The average molecular weight is 306 g/mol. The number of rotatable bonds is 4. The lowest BCUT2D eigenvalue weighted by atomic mass is 9.70. The summed E-state index contributed by atoms with van der Waals surface area (Å²) < 4.78 is 5.45. The SMILES string of the molecule is Cl.NC(CO)CC1(c2ccccc2Cl)CCOCC1. The van der Waals surface area contributed by atoms with Gasteiger partial charge >= 0.3 is 0 Å². The second kappa shape index (κ2) is 7.46. The normalized spacial score (nSPS) is 19.5. The number of nitrogens with two attached hydrogens (primary N) is 1. The number of benzene rings is 1. The molecule has 1 saturated heterocycles. The molecule has 1 aromatic carbocycles. The van der Waals surface area contributed by atoms with Gasteiger partial charge in [-0.05, 0) is 30.9 Å². The minimum atomic E-state index is -0.209. The van der Waals surface area contributed by atoms with E-state index >= 15 is 0 Å². The number of hydrogen-bond donors (Lipinski definition) is 2. The molecule has 108 valence electrons. The predicted octanol–water partition coefficient (Wildman–Crippen LogP) is 2.52. The molecule has 0 spiro atoms. The molecule has 1 heterocycles. The van der Waals surface area contributed by atoms with E-state index in [1.54, 1.807) is 0 Å². The van der Waals surface area contributed by atoms with Crippen LogP contribution < -0.4 is 5.73 Å². The van der Waals surface area contributed by atoms with Crippen molar-refractivity contribution in [3.63, 3.8) is 0 Å². The van der Waals surface area contributed by atoms with Crippen molar-refractivity contribution in [2.75, 3.05) is 19.8 Å². The fraction of sp³-hybridized carbons (Fsp3) is 0.571. The highest BCUT2D eigenvalue weighted by Gasteiger charge is 2.37.